The molecule has 0 radical (unpaired) electrons. The summed E-state index contributed by atoms with van der Waals surface area (Å²) in [6.07, 6.45) is 1.11. The Hall–Kier alpha value is -2.39. The number of hydrogen-bond donors (Lipinski definition) is 1. The van der Waals surface area contributed by atoms with Gasteiger partial charge in [0.1, 0.15) is 5.75 Å². The van der Waals surface area contributed by atoms with E-state index in [1.807, 2.05) is 36.4 Å². The summed E-state index contributed by atoms with van der Waals surface area (Å²) >= 11 is 0. The maximum atomic E-state index is 9.57. The van der Waals surface area contributed by atoms with Gasteiger partial charge >= 0.3 is 0 Å². The van der Waals surface area contributed by atoms with E-state index >= 15 is 0 Å². The fraction of sp³-hybridized carbons (Fsp3) is 0.118. The van der Waals surface area contributed by atoms with Crippen molar-refractivity contribution in [1.82, 2.24) is 4.98 Å². The van der Waals surface area contributed by atoms with Crippen molar-refractivity contribution in [2.45, 2.75) is 13.0 Å². The minimum absolute atomic E-state index is 0.485. The van der Waals surface area contributed by atoms with Crippen molar-refractivity contribution in [3.05, 3.63) is 66.4 Å². The molecule has 0 saturated carbocycles. The zero-order valence-electron chi connectivity index (χ0n) is 11.2. The Kier molecular flexibility index (Phi) is 3.35. The Morgan fingerprint density at radius 2 is 1.80 bits per heavy atom. The molecule has 0 amide bonds. The molecular weight excluding hydrogens is 250 g/mol. The third-order valence-corrected chi connectivity index (χ3v) is 3.18. The number of aliphatic hydroxyl groups is 1. The molecular formula is C17H15NO2. The van der Waals surface area contributed by atoms with Gasteiger partial charge in [-0.15, -0.1) is 0 Å². The fourth-order valence-corrected chi connectivity index (χ4v) is 2.09. The third kappa shape index (κ3) is 2.63. The molecule has 0 spiro atoms. The number of pyridine rings is 1. The summed E-state index contributed by atoms with van der Waals surface area (Å²) in [6, 6.07) is 17.5. The van der Waals surface area contributed by atoms with E-state index in [0.717, 1.165) is 16.7 Å². The van der Waals surface area contributed by atoms with Crippen LogP contribution in [0.1, 0.15) is 18.6 Å². The second-order valence-electron chi connectivity index (χ2n) is 4.71. The number of aromatic nitrogens is 1. The number of fused-ring (bicyclic) bond motifs is 1. The van der Waals surface area contributed by atoms with Gasteiger partial charge in [-0.05, 0) is 41.5 Å². The zero-order valence-corrected chi connectivity index (χ0v) is 11.2. The van der Waals surface area contributed by atoms with Gasteiger partial charge in [0.2, 0.25) is 5.88 Å². The summed E-state index contributed by atoms with van der Waals surface area (Å²) in [7, 11) is 0. The molecule has 0 unspecified atom stereocenters. The van der Waals surface area contributed by atoms with E-state index in [4.69, 9.17) is 4.74 Å². The maximum absolute atomic E-state index is 9.57. The molecule has 1 N–H and O–H groups in total. The molecule has 100 valence electrons. The van der Waals surface area contributed by atoms with Gasteiger partial charge in [-0.2, -0.15) is 0 Å². The van der Waals surface area contributed by atoms with Crippen LogP contribution in [0.4, 0.5) is 0 Å². The predicted octanol–water partition coefficient (Wildman–Crippen LogP) is 4.08. The highest BCUT2D eigenvalue weighted by molar-refractivity contribution is 5.83. The molecule has 0 bridgehead atoms. The SMILES string of the molecule is C[C@H](O)c1ccnc(Oc2ccc3ccccc3c2)c1. The van der Waals surface area contributed by atoms with Crippen molar-refractivity contribution in [2.24, 2.45) is 0 Å². The Morgan fingerprint density at radius 3 is 2.60 bits per heavy atom. The van der Waals surface area contributed by atoms with Gasteiger partial charge in [-0.3, -0.25) is 0 Å². The molecule has 3 rings (SSSR count). The van der Waals surface area contributed by atoms with Gasteiger partial charge < -0.3 is 9.84 Å². The van der Waals surface area contributed by atoms with Crippen LogP contribution in [-0.4, -0.2) is 10.1 Å². The van der Waals surface area contributed by atoms with Crippen LogP contribution in [0.2, 0.25) is 0 Å². The van der Waals surface area contributed by atoms with Crippen LogP contribution in [0.25, 0.3) is 10.8 Å². The van der Waals surface area contributed by atoms with Gasteiger partial charge in [-0.1, -0.05) is 30.3 Å². The first-order valence-electron chi connectivity index (χ1n) is 6.53. The Balaban J connectivity index is 1.90. The summed E-state index contributed by atoms with van der Waals surface area (Å²) in [4.78, 5) is 4.16. The Bertz CT molecular complexity index is 738. The van der Waals surface area contributed by atoms with E-state index in [1.54, 1.807) is 25.3 Å². The van der Waals surface area contributed by atoms with Crippen LogP contribution < -0.4 is 4.74 Å². The first-order chi connectivity index (χ1) is 9.72. The van der Waals surface area contributed by atoms with E-state index in [0.29, 0.717) is 5.88 Å². The lowest BCUT2D eigenvalue weighted by molar-refractivity contribution is 0.198. The summed E-state index contributed by atoms with van der Waals surface area (Å²) in [5.41, 5.74) is 0.788. The van der Waals surface area contributed by atoms with Crippen LogP contribution in [0.5, 0.6) is 11.6 Å². The van der Waals surface area contributed by atoms with E-state index in [2.05, 4.69) is 11.1 Å². The average molecular weight is 265 g/mol. The molecule has 1 atom stereocenters. The lowest BCUT2D eigenvalue weighted by Crippen LogP contribution is -1.94. The summed E-state index contributed by atoms with van der Waals surface area (Å²) in [6.45, 7) is 1.72. The molecule has 3 aromatic rings. The third-order valence-electron chi connectivity index (χ3n) is 3.18. The molecule has 0 aliphatic rings. The average Bonchev–Trinajstić information content (AvgIpc) is 2.47. The smallest absolute Gasteiger partial charge is 0.219 e. The van der Waals surface area contributed by atoms with Gasteiger partial charge in [0.05, 0.1) is 6.10 Å². The zero-order chi connectivity index (χ0) is 13.9. The second-order valence-corrected chi connectivity index (χ2v) is 4.71. The highest BCUT2D eigenvalue weighted by atomic mass is 16.5. The highest BCUT2D eigenvalue weighted by Gasteiger charge is 2.05. The van der Waals surface area contributed by atoms with E-state index in [9.17, 15) is 5.11 Å². The minimum Gasteiger partial charge on any atom is -0.439 e. The fourth-order valence-electron chi connectivity index (χ4n) is 2.09. The summed E-state index contributed by atoms with van der Waals surface area (Å²) < 4.78 is 5.76. The van der Waals surface area contributed by atoms with Gasteiger partial charge in [-0.25, -0.2) is 4.98 Å². The largest absolute Gasteiger partial charge is 0.439 e. The van der Waals surface area contributed by atoms with Crippen LogP contribution in [0, 0.1) is 0 Å². The van der Waals surface area contributed by atoms with Crippen molar-refractivity contribution in [3.63, 3.8) is 0 Å². The second kappa shape index (κ2) is 5.31. The molecule has 3 heteroatoms. The van der Waals surface area contributed by atoms with Crippen molar-refractivity contribution >= 4 is 10.8 Å². The van der Waals surface area contributed by atoms with E-state index in [-0.39, 0.29) is 0 Å². The molecule has 0 saturated heterocycles. The van der Waals surface area contributed by atoms with Crippen molar-refractivity contribution < 1.29 is 9.84 Å². The van der Waals surface area contributed by atoms with E-state index < -0.39 is 6.10 Å². The van der Waals surface area contributed by atoms with E-state index in [1.165, 1.54) is 5.39 Å². The Labute approximate surface area is 117 Å². The number of ether oxygens (including phenoxy) is 1. The lowest BCUT2D eigenvalue weighted by atomic mass is 10.1. The molecule has 1 aromatic heterocycles. The molecule has 20 heavy (non-hydrogen) atoms. The first kappa shape index (κ1) is 12.6. The molecule has 1 heterocycles. The number of benzene rings is 2. The van der Waals surface area contributed by atoms with Crippen LogP contribution in [-0.2, 0) is 0 Å². The first-order valence-corrected chi connectivity index (χ1v) is 6.53. The quantitative estimate of drug-likeness (QED) is 0.775. The standard InChI is InChI=1S/C17H15NO2/c1-12(19)14-8-9-18-17(11-14)20-16-7-6-13-4-2-3-5-15(13)10-16/h2-12,19H,1H3/t12-/m0/s1. The van der Waals surface area contributed by atoms with Gasteiger partial charge in [0, 0.05) is 12.3 Å². The summed E-state index contributed by atoms with van der Waals surface area (Å²) in [5, 5.41) is 11.9. The van der Waals surface area contributed by atoms with Crippen molar-refractivity contribution in [3.8, 4) is 11.6 Å². The number of nitrogens with zero attached hydrogens (tertiary/aromatic N) is 1. The monoisotopic (exact) mass is 265 g/mol. The maximum Gasteiger partial charge on any atom is 0.219 e. The number of aliphatic hydroxyl groups excluding tert-OH is 1. The van der Waals surface area contributed by atoms with Crippen molar-refractivity contribution in [1.29, 1.82) is 0 Å². The van der Waals surface area contributed by atoms with Gasteiger partial charge in [0.25, 0.3) is 0 Å². The summed E-state index contributed by atoms with van der Waals surface area (Å²) in [5.74, 6) is 1.22. The van der Waals surface area contributed by atoms with Crippen molar-refractivity contribution in [2.75, 3.05) is 0 Å². The molecule has 0 fully saturated rings. The minimum atomic E-state index is -0.531. The normalized spacial score (nSPS) is 12.3. The number of rotatable bonds is 3. The van der Waals surface area contributed by atoms with Gasteiger partial charge in [0.15, 0.2) is 0 Å². The molecule has 2 aromatic carbocycles. The predicted molar refractivity (Wildman–Crippen MR) is 78.9 cm³/mol. The topological polar surface area (TPSA) is 42.4 Å². The number of hydrogen-bond acceptors (Lipinski definition) is 3. The van der Waals surface area contributed by atoms with Crippen LogP contribution in [0.15, 0.2) is 60.8 Å². The highest BCUT2D eigenvalue weighted by Crippen LogP contribution is 2.25. The lowest BCUT2D eigenvalue weighted by Gasteiger charge is -2.09. The van der Waals surface area contributed by atoms with Crippen LogP contribution in [0.3, 0.4) is 0 Å². The molecule has 0 aliphatic heterocycles. The Morgan fingerprint density at radius 1 is 1.00 bits per heavy atom. The molecule has 0 aliphatic carbocycles. The van der Waals surface area contributed by atoms with Crippen LogP contribution >= 0.6 is 0 Å². The molecule has 3 nitrogen and oxygen atoms in total.